The van der Waals surface area contributed by atoms with Gasteiger partial charge < -0.3 is 4.42 Å². The lowest BCUT2D eigenvalue weighted by Crippen LogP contribution is -2.00. The number of nitrogens with zero attached hydrogens (tertiary/aromatic N) is 2. The molecule has 0 N–H and O–H groups in total. The fourth-order valence-corrected chi connectivity index (χ4v) is 2.00. The van der Waals surface area contributed by atoms with Crippen molar-refractivity contribution >= 4 is 6.29 Å². The SMILES string of the molecule is O=Cc1cn(Cc2ccc(F)cc2)nc1-c1ccoc1. The zero-order chi connectivity index (χ0) is 13.9. The molecule has 0 amide bonds. The molecule has 2 heterocycles. The maximum atomic E-state index is 12.9. The van der Waals surface area contributed by atoms with E-state index in [0.29, 0.717) is 17.8 Å². The van der Waals surface area contributed by atoms with Crippen LogP contribution in [-0.2, 0) is 6.54 Å². The number of hydrogen-bond donors (Lipinski definition) is 0. The van der Waals surface area contributed by atoms with Crippen LogP contribution in [0.15, 0.2) is 53.5 Å². The normalized spacial score (nSPS) is 10.7. The number of aldehydes is 1. The molecule has 4 nitrogen and oxygen atoms in total. The molecule has 2 aromatic heterocycles. The first-order valence-corrected chi connectivity index (χ1v) is 6.06. The van der Waals surface area contributed by atoms with Crippen LogP contribution in [0.4, 0.5) is 4.39 Å². The summed E-state index contributed by atoms with van der Waals surface area (Å²) in [6.07, 6.45) is 5.50. The first-order chi connectivity index (χ1) is 9.76. The van der Waals surface area contributed by atoms with Gasteiger partial charge in [0, 0.05) is 11.8 Å². The maximum Gasteiger partial charge on any atom is 0.153 e. The molecule has 3 rings (SSSR count). The average molecular weight is 270 g/mol. The molecule has 0 fully saturated rings. The summed E-state index contributed by atoms with van der Waals surface area (Å²) in [6.45, 7) is 0.471. The van der Waals surface area contributed by atoms with Crippen molar-refractivity contribution in [3.8, 4) is 11.3 Å². The van der Waals surface area contributed by atoms with Gasteiger partial charge in [0.1, 0.15) is 11.5 Å². The van der Waals surface area contributed by atoms with Gasteiger partial charge >= 0.3 is 0 Å². The van der Waals surface area contributed by atoms with Crippen molar-refractivity contribution in [1.29, 1.82) is 0 Å². The monoisotopic (exact) mass is 270 g/mol. The first-order valence-electron chi connectivity index (χ1n) is 6.06. The van der Waals surface area contributed by atoms with Gasteiger partial charge in [-0.15, -0.1) is 0 Å². The van der Waals surface area contributed by atoms with E-state index in [9.17, 15) is 9.18 Å². The predicted octanol–water partition coefficient (Wildman–Crippen LogP) is 3.14. The Bertz CT molecular complexity index is 715. The van der Waals surface area contributed by atoms with Crippen LogP contribution < -0.4 is 0 Å². The van der Waals surface area contributed by atoms with E-state index in [0.717, 1.165) is 17.4 Å². The van der Waals surface area contributed by atoms with Gasteiger partial charge in [0.25, 0.3) is 0 Å². The van der Waals surface area contributed by atoms with Crippen LogP contribution in [0, 0.1) is 5.82 Å². The van der Waals surface area contributed by atoms with Gasteiger partial charge in [-0.3, -0.25) is 9.48 Å². The number of hydrogen-bond acceptors (Lipinski definition) is 3. The number of carbonyl (C=O) groups is 1. The lowest BCUT2D eigenvalue weighted by atomic mass is 10.2. The van der Waals surface area contributed by atoms with Gasteiger partial charge in [0.2, 0.25) is 0 Å². The van der Waals surface area contributed by atoms with Gasteiger partial charge in [0.15, 0.2) is 6.29 Å². The largest absolute Gasteiger partial charge is 0.472 e. The zero-order valence-corrected chi connectivity index (χ0v) is 10.5. The molecular weight excluding hydrogens is 259 g/mol. The zero-order valence-electron chi connectivity index (χ0n) is 10.5. The standard InChI is InChI=1S/C15H11FN2O2/c16-14-3-1-11(2-4-14)7-18-8-13(9-19)15(17-18)12-5-6-20-10-12/h1-6,8-10H,7H2. The van der Waals surface area contributed by atoms with Crippen LogP contribution in [0.25, 0.3) is 11.3 Å². The van der Waals surface area contributed by atoms with Crippen molar-refractivity contribution in [1.82, 2.24) is 9.78 Å². The van der Waals surface area contributed by atoms with E-state index in [2.05, 4.69) is 5.10 Å². The molecule has 3 aromatic rings. The Morgan fingerprint density at radius 2 is 2.05 bits per heavy atom. The molecule has 0 saturated heterocycles. The van der Waals surface area contributed by atoms with Crippen molar-refractivity contribution < 1.29 is 13.6 Å². The predicted molar refractivity (Wildman–Crippen MR) is 70.8 cm³/mol. The number of carbonyl (C=O) groups excluding carboxylic acids is 1. The Balaban J connectivity index is 1.91. The van der Waals surface area contributed by atoms with Crippen molar-refractivity contribution in [2.24, 2.45) is 0 Å². The van der Waals surface area contributed by atoms with Crippen LogP contribution in [0.1, 0.15) is 15.9 Å². The molecule has 0 aliphatic rings. The molecule has 0 spiro atoms. The molecule has 1 aromatic carbocycles. The number of furan rings is 1. The molecule has 0 saturated carbocycles. The van der Waals surface area contributed by atoms with Gasteiger partial charge in [-0.25, -0.2) is 4.39 Å². The van der Waals surface area contributed by atoms with Gasteiger partial charge in [-0.1, -0.05) is 12.1 Å². The number of halogens is 1. The molecule has 5 heteroatoms. The molecule has 0 radical (unpaired) electrons. The smallest absolute Gasteiger partial charge is 0.153 e. The van der Waals surface area contributed by atoms with E-state index in [-0.39, 0.29) is 5.82 Å². The summed E-state index contributed by atoms with van der Waals surface area (Å²) in [5.74, 6) is -0.276. The Morgan fingerprint density at radius 1 is 1.25 bits per heavy atom. The molecule has 0 bridgehead atoms. The van der Waals surface area contributed by atoms with Crippen LogP contribution in [0.2, 0.25) is 0 Å². The second-order valence-electron chi connectivity index (χ2n) is 4.39. The van der Waals surface area contributed by atoms with Crippen LogP contribution in [-0.4, -0.2) is 16.1 Å². The average Bonchev–Trinajstić information content (AvgIpc) is 3.10. The summed E-state index contributed by atoms with van der Waals surface area (Å²) < 4.78 is 19.5. The second kappa shape index (κ2) is 5.13. The number of aromatic nitrogens is 2. The van der Waals surface area contributed by atoms with Crippen molar-refractivity contribution in [3.63, 3.8) is 0 Å². The molecule has 100 valence electrons. The fourth-order valence-electron chi connectivity index (χ4n) is 2.00. The minimum Gasteiger partial charge on any atom is -0.472 e. The minimum absolute atomic E-state index is 0.276. The minimum atomic E-state index is -0.276. The Labute approximate surface area is 114 Å². The highest BCUT2D eigenvalue weighted by Gasteiger charge is 2.11. The molecule has 0 aliphatic heterocycles. The van der Waals surface area contributed by atoms with E-state index >= 15 is 0 Å². The van der Waals surface area contributed by atoms with Gasteiger partial charge in [-0.2, -0.15) is 5.10 Å². The van der Waals surface area contributed by atoms with Crippen molar-refractivity contribution in [2.75, 3.05) is 0 Å². The van der Waals surface area contributed by atoms with Gasteiger partial charge in [0.05, 0.1) is 24.6 Å². The molecule has 20 heavy (non-hydrogen) atoms. The van der Waals surface area contributed by atoms with Crippen molar-refractivity contribution in [2.45, 2.75) is 6.54 Å². The number of rotatable bonds is 4. The highest BCUT2D eigenvalue weighted by atomic mass is 19.1. The van der Waals surface area contributed by atoms with Gasteiger partial charge in [-0.05, 0) is 23.8 Å². The van der Waals surface area contributed by atoms with E-state index in [1.165, 1.54) is 24.7 Å². The van der Waals surface area contributed by atoms with Crippen LogP contribution in [0.3, 0.4) is 0 Å². The lowest BCUT2D eigenvalue weighted by Gasteiger charge is -2.01. The fraction of sp³-hybridized carbons (Fsp3) is 0.0667. The second-order valence-corrected chi connectivity index (χ2v) is 4.39. The van der Waals surface area contributed by atoms with E-state index in [4.69, 9.17) is 4.42 Å². The van der Waals surface area contributed by atoms with E-state index < -0.39 is 0 Å². The lowest BCUT2D eigenvalue weighted by molar-refractivity contribution is 0.112. The molecule has 0 unspecified atom stereocenters. The van der Waals surface area contributed by atoms with Crippen LogP contribution in [0.5, 0.6) is 0 Å². The summed E-state index contributed by atoms with van der Waals surface area (Å²) >= 11 is 0. The Kier molecular flexibility index (Phi) is 3.16. The maximum absolute atomic E-state index is 12.9. The summed E-state index contributed by atoms with van der Waals surface area (Å²) in [4.78, 5) is 11.1. The summed E-state index contributed by atoms with van der Waals surface area (Å²) in [6, 6.07) is 7.93. The summed E-state index contributed by atoms with van der Waals surface area (Å²) in [5.41, 5.74) is 2.74. The van der Waals surface area contributed by atoms with E-state index in [1.54, 1.807) is 29.1 Å². The van der Waals surface area contributed by atoms with Crippen LogP contribution >= 0.6 is 0 Å². The third kappa shape index (κ3) is 2.38. The summed E-state index contributed by atoms with van der Waals surface area (Å²) in [7, 11) is 0. The highest BCUT2D eigenvalue weighted by Crippen LogP contribution is 2.21. The highest BCUT2D eigenvalue weighted by molar-refractivity contribution is 5.85. The Hall–Kier alpha value is -2.69. The topological polar surface area (TPSA) is 48.0 Å². The molecule has 0 aliphatic carbocycles. The quantitative estimate of drug-likeness (QED) is 0.684. The third-order valence-corrected chi connectivity index (χ3v) is 2.97. The third-order valence-electron chi connectivity index (χ3n) is 2.97. The number of benzene rings is 1. The summed E-state index contributed by atoms with van der Waals surface area (Å²) in [5, 5.41) is 4.37. The first kappa shape index (κ1) is 12.3. The molecule has 0 atom stereocenters. The van der Waals surface area contributed by atoms with E-state index in [1.807, 2.05) is 0 Å². The molecular formula is C15H11FN2O2. The Morgan fingerprint density at radius 3 is 2.70 bits per heavy atom. The van der Waals surface area contributed by atoms with Crippen molar-refractivity contribution in [3.05, 3.63) is 66.0 Å².